The highest BCUT2D eigenvalue weighted by molar-refractivity contribution is 14.1. The molecule has 0 amide bonds. The lowest BCUT2D eigenvalue weighted by Crippen LogP contribution is -2.30. The Balaban J connectivity index is 1.79. The van der Waals surface area contributed by atoms with Gasteiger partial charge in [0.15, 0.2) is 5.11 Å². The molecule has 0 aliphatic rings. The number of anilines is 1. The third kappa shape index (κ3) is 4.76. The van der Waals surface area contributed by atoms with Gasteiger partial charge in [-0.05, 0) is 71.4 Å². The molecule has 104 valence electrons. The fraction of sp³-hybridized carbons (Fsp3) is 0.188. The Morgan fingerprint density at radius 3 is 2.60 bits per heavy atom. The standard InChI is InChI=1S/C16H17IN2S/c1-12-7-8-14(11-15(12)17)19-16(20)18-10-9-13-5-3-2-4-6-13/h2-8,11H,9-10H2,1H3,(H2,18,19,20). The van der Waals surface area contributed by atoms with E-state index in [-0.39, 0.29) is 0 Å². The molecule has 0 aliphatic heterocycles. The van der Waals surface area contributed by atoms with E-state index in [0.29, 0.717) is 5.11 Å². The number of benzene rings is 2. The normalized spacial score (nSPS) is 10.1. The van der Waals surface area contributed by atoms with Crippen molar-refractivity contribution in [2.45, 2.75) is 13.3 Å². The van der Waals surface area contributed by atoms with Crippen LogP contribution in [0.1, 0.15) is 11.1 Å². The first kappa shape index (κ1) is 15.3. The summed E-state index contributed by atoms with van der Waals surface area (Å²) in [5.74, 6) is 0. The van der Waals surface area contributed by atoms with Gasteiger partial charge in [0.25, 0.3) is 0 Å². The van der Waals surface area contributed by atoms with E-state index in [1.165, 1.54) is 14.7 Å². The Morgan fingerprint density at radius 2 is 1.90 bits per heavy atom. The summed E-state index contributed by atoms with van der Waals surface area (Å²) in [6, 6.07) is 16.6. The van der Waals surface area contributed by atoms with E-state index in [0.717, 1.165) is 18.7 Å². The molecule has 0 bridgehead atoms. The SMILES string of the molecule is Cc1ccc(NC(=S)NCCc2ccccc2)cc1I. The van der Waals surface area contributed by atoms with E-state index >= 15 is 0 Å². The maximum Gasteiger partial charge on any atom is 0.170 e. The van der Waals surface area contributed by atoms with Gasteiger partial charge in [0.2, 0.25) is 0 Å². The van der Waals surface area contributed by atoms with Gasteiger partial charge in [-0.1, -0.05) is 36.4 Å². The topological polar surface area (TPSA) is 24.1 Å². The smallest absolute Gasteiger partial charge is 0.170 e. The van der Waals surface area contributed by atoms with Crippen LogP contribution in [0.15, 0.2) is 48.5 Å². The van der Waals surface area contributed by atoms with Gasteiger partial charge < -0.3 is 10.6 Å². The summed E-state index contributed by atoms with van der Waals surface area (Å²) < 4.78 is 1.24. The molecule has 2 N–H and O–H groups in total. The zero-order valence-corrected chi connectivity index (χ0v) is 14.3. The molecular formula is C16H17IN2S. The van der Waals surface area contributed by atoms with Crippen LogP contribution in [0.2, 0.25) is 0 Å². The first-order chi connectivity index (χ1) is 9.65. The third-order valence-corrected chi connectivity index (χ3v) is 4.38. The Hall–Kier alpha value is -1.14. The fourth-order valence-electron chi connectivity index (χ4n) is 1.81. The van der Waals surface area contributed by atoms with Gasteiger partial charge in [-0.3, -0.25) is 0 Å². The minimum atomic E-state index is 0.667. The number of aryl methyl sites for hydroxylation is 1. The maximum absolute atomic E-state index is 5.30. The highest BCUT2D eigenvalue weighted by atomic mass is 127. The lowest BCUT2D eigenvalue weighted by atomic mass is 10.1. The highest BCUT2D eigenvalue weighted by Crippen LogP contribution is 2.16. The molecule has 0 unspecified atom stereocenters. The molecule has 0 aromatic heterocycles. The highest BCUT2D eigenvalue weighted by Gasteiger charge is 2.00. The van der Waals surface area contributed by atoms with E-state index < -0.39 is 0 Å². The molecule has 2 aromatic carbocycles. The number of hydrogen-bond acceptors (Lipinski definition) is 1. The summed E-state index contributed by atoms with van der Waals surface area (Å²) in [4.78, 5) is 0. The summed E-state index contributed by atoms with van der Waals surface area (Å²) in [6.45, 7) is 2.93. The number of thiocarbonyl (C=S) groups is 1. The lowest BCUT2D eigenvalue weighted by Gasteiger charge is -2.11. The van der Waals surface area contributed by atoms with E-state index in [1.54, 1.807) is 0 Å². The zero-order valence-electron chi connectivity index (χ0n) is 11.3. The molecule has 0 aliphatic carbocycles. The quantitative estimate of drug-likeness (QED) is 0.601. The second-order valence-corrected chi connectivity index (χ2v) is 6.15. The van der Waals surface area contributed by atoms with Crippen LogP contribution in [-0.2, 0) is 6.42 Å². The van der Waals surface area contributed by atoms with Gasteiger partial charge in [-0.15, -0.1) is 0 Å². The molecule has 0 atom stereocenters. The number of halogens is 1. The number of nitrogens with one attached hydrogen (secondary N) is 2. The molecule has 0 fully saturated rings. The molecule has 20 heavy (non-hydrogen) atoms. The van der Waals surface area contributed by atoms with Crippen molar-refractivity contribution >= 4 is 45.6 Å². The molecule has 4 heteroatoms. The summed E-state index contributed by atoms with van der Waals surface area (Å²) in [5, 5.41) is 7.11. The minimum absolute atomic E-state index is 0.667. The summed E-state index contributed by atoms with van der Waals surface area (Å²) in [6.07, 6.45) is 0.966. The molecule has 0 heterocycles. The molecular weight excluding hydrogens is 379 g/mol. The second kappa shape index (κ2) is 7.59. The van der Waals surface area contributed by atoms with Crippen LogP contribution >= 0.6 is 34.8 Å². The molecule has 0 saturated heterocycles. The Labute approximate surface area is 139 Å². The van der Waals surface area contributed by atoms with Crippen molar-refractivity contribution < 1.29 is 0 Å². The summed E-state index contributed by atoms with van der Waals surface area (Å²) >= 11 is 7.63. The largest absolute Gasteiger partial charge is 0.362 e. The molecule has 0 radical (unpaired) electrons. The summed E-state index contributed by atoms with van der Waals surface area (Å²) in [5.41, 5.74) is 3.61. The number of hydrogen-bond donors (Lipinski definition) is 2. The Kier molecular flexibility index (Phi) is 5.79. The van der Waals surface area contributed by atoms with Crippen LogP contribution in [0, 0.1) is 10.5 Å². The van der Waals surface area contributed by atoms with E-state index in [2.05, 4.69) is 76.5 Å². The predicted molar refractivity (Wildman–Crippen MR) is 98.3 cm³/mol. The first-order valence-corrected chi connectivity index (χ1v) is 7.99. The van der Waals surface area contributed by atoms with Crippen molar-refractivity contribution in [3.63, 3.8) is 0 Å². The van der Waals surface area contributed by atoms with E-state index in [1.807, 2.05) is 12.1 Å². The fourth-order valence-corrected chi connectivity index (χ4v) is 2.55. The average molecular weight is 396 g/mol. The van der Waals surface area contributed by atoms with Gasteiger partial charge in [0.1, 0.15) is 0 Å². The number of rotatable bonds is 4. The predicted octanol–water partition coefficient (Wildman–Crippen LogP) is 4.13. The molecule has 0 spiro atoms. The van der Waals surface area contributed by atoms with Crippen molar-refractivity contribution in [3.05, 3.63) is 63.2 Å². The second-order valence-electron chi connectivity index (χ2n) is 4.58. The van der Waals surface area contributed by atoms with Crippen molar-refractivity contribution in [3.8, 4) is 0 Å². The maximum atomic E-state index is 5.30. The van der Waals surface area contributed by atoms with Crippen molar-refractivity contribution in [2.75, 3.05) is 11.9 Å². The van der Waals surface area contributed by atoms with E-state index in [4.69, 9.17) is 12.2 Å². The third-order valence-electron chi connectivity index (χ3n) is 2.97. The molecule has 2 rings (SSSR count). The lowest BCUT2D eigenvalue weighted by molar-refractivity contribution is 0.873. The zero-order chi connectivity index (χ0) is 14.4. The average Bonchev–Trinajstić information content (AvgIpc) is 2.44. The van der Waals surface area contributed by atoms with Gasteiger partial charge in [0, 0.05) is 15.8 Å². The van der Waals surface area contributed by atoms with Gasteiger partial charge in [-0.25, -0.2) is 0 Å². The van der Waals surface area contributed by atoms with Crippen LogP contribution in [0.25, 0.3) is 0 Å². The van der Waals surface area contributed by atoms with Crippen LogP contribution < -0.4 is 10.6 Å². The van der Waals surface area contributed by atoms with E-state index in [9.17, 15) is 0 Å². The van der Waals surface area contributed by atoms with Gasteiger partial charge >= 0.3 is 0 Å². The minimum Gasteiger partial charge on any atom is -0.362 e. The van der Waals surface area contributed by atoms with Crippen molar-refractivity contribution in [1.82, 2.24) is 5.32 Å². The van der Waals surface area contributed by atoms with Crippen LogP contribution in [-0.4, -0.2) is 11.7 Å². The monoisotopic (exact) mass is 396 g/mol. The van der Waals surface area contributed by atoms with Gasteiger partial charge in [-0.2, -0.15) is 0 Å². The Bertz CT molecular complexity index is 584. The van der Waals surface area contributed by atoms with Crippen molar-refractivity contribution in [2.24, 2.45) is 0 Å². The summed E-state index contributed by atoms with van der Waals surface area (Å²) in [7, 11) is 0. The molecule has 2 aromatic rings. The molecule has 2 nitrogen and oxygen atoms in total. The Morgan fingerprint density at radius 1 is 1.15 bits per heavy atom. The van der Waals surface area contributed by atoms with Crippen LogP contribution in [0.3, 0.4) is 0 Å². The first-order valence-electron chi connectivity index (χ1n) is 6.50. The molecule has 0 saturated carbocycles. The van der Waals surface area contributed by atoms with Crippen LogP contribution in [0.5, 0.6) is 0 Å². The van der Waals surface area contributed by atoms with Crippen LogP contribution in [0.4, 0.5) is 5.69 Å². The van der Waals surface area contributed by atoms with Crippen molar-refractivity contribution in [1.29, 1.82) is 0 Å². The van der Waals surface area contributed by atoms with Gasteiger partial charge in [0.05, 0.1) is 0 Å².